The molecule has 0 atom stereocenters. The maximum absolute atomic E-state index is 5.46. The second-order valence-corrected chi connectivity index (χ2v) is 2.34. The summed E-state index contributed by atoms with van der Waals surface area (Å²) >= 11 is 15.3. The largest absolute Gasteiger partial charge is 0.345 e. The topological polar surface area (TPSA) is 21.7 Å². The van der Waals surface area contributed by atoms with Gasteiger partial charge in [-0.1, -0.05) is 0 Å². The normalized spacial score (nSPS) is 12.7. The standard InChI is InChI=1S/C3H6Cl3NO2/c1-7(2)3(4,8-5)9-6/h1-2H3. The molecule has 0 aliphatic carbocycles. The Balaban J connectivity index is 3.92. The van der Waals surface area contributed by atoms with E-state index in [1.165, 1.54) is 4.90 Å². The lowest BCUT2D eigenvalue weighted by Gasteiger charge is -2.25. The van der Waals surface area contributed by atoms with Crippen molar-refractivity contribution in [3.05, 3.63) is 0 Å². The van der Waals surface area contributed by atoms with Gasteiger partial charge in [0.15, 0.2) is 0 Å². The number of hydrogen-bond donors (Lipinski definition) is 0. The number of alkyl halides is 1. The molecule has 0 spiro atoms. The van der Waals surface area contributed by atoms with Crippen molar-refractivity contribution in [1.29, 1.82) is 0 Å². The molecule has 3 nitrogen and oxygen atoms in total. The predicted molar refractivity (Wildman–Crippen MR) is 36.1 cm³/mol. The third-order valence-electron chi connectivity index (χ3n) is 0.725. The quantitative estimate of drug-likeness (QED) is 0.388. The van der Waals surface area contributed by atoms with E-state index in [9.17, 15) is 0 Å². The van der Waals surface area contributed by atoms with Crippen molar-refractivity contribution in [3.63, 3.8) is 0 Å². The zero-order valence-corrected chi connectivity index (χ0v) is 7.17. The Morgan fingerprint density at radius 2 is 1.56 bits per heavy atom. The summed E-state index contributed by atoms with van der Waals surface area (Å²) in [6, 6.07) is 0. The van der Waals surface area contributed by atoms with Gasteiger partial charge < -0.3 is 0 Å². The van der Waals surface area contributed by atoms with Gasteiger partial charge in [-0.25, -0.2) is 13.5 Å². The van der Waals surface area contributed by atoms with E-state index >= 15 is 0 Å². The van der Waals surface area contributed by atoms with Crippen molar-refractivity contribution in [2.75, 3.05) is 14.1 Å². The summed E-state index contributed by atoms with van der Waals surface area (Å²) in [5, 5.41) is -1.58. The summed E-state index contributed by atoms with van der Waals surface area (Å²) in [4.78, 5) is 1.36. The van der Waals surface area contributed by atoms with Crippen LogP contribution in [0, 0.1) is 0 Å². The van der Waals surface area contributed by atoms with E-state index in [0.29, 0.717) is 0 Å². The monoisotopic (exact) mass is 193 g/mol. The van der Waals surface area contributed by atoms with E-state index in [1.807, 2.05) is 0 Å². The van der Waals surface area contributed by atoms with Crippen LogP contribution in [0.1, 0.15) is 0 Å². The summed E-state index contributed by atoms with van der Waals surface area (Å²) in [6.07, 6.45) is 0. The zero-order chi connectivity index (χ0) is 7.49. The van der Waals surface area contributed by atoms with Crippen LogP contribution in [0.5, 0.6) is 0 Å². The van der Waals surface area contributed by atoms with E-state index in [2.05, 4.69) is 8.58 Å². The molecule has 0 rings (SSSR count). The van der Waals surface area contributed by atoms with Gasteiger partial charge >= 0.3 is 5.37 Å². The van der Waals surface area contributed by atoms with E-state index in [-0.39, 0.29) is 0 Å². The van der Waals surface area contributed by atoms with Crippen LogP contribution in [0.25, 0.3) is 0 Å². The molecule has 0 bridgehead atoms. The molecule has 0 saturated carbocycles. The van der Waals surface area contributed by atoms with Gasteiger partial charge in [0, 0.05) is 0 Å². The minimum Gasteiger partial charge on any atom is -0.242 e. The number of rotatable bonds is 3. The molecule has 0 radical (unpaired) electrons. The first kappa shape index (κ1) is 9.75. The van der Waals surface area contributed by atoms with Crippen LogP contribution in [0.15, 0.2) is 0 Å². The molecule has 9 heavy (non-hydrogen) atoms. The molecule has 0 unspecified atom stereocenters. The fourth-order valence-corrected chi connectivity index (χ4v) is 0.521. The Hall–Kier alpha value is 0.750. The highest BCUT2D eigenvalue weighted by Gasteiger charge is 2.32. The maximum Gasteiger partial charge on any atom is 0.345 e. The summed E-state index contributed by atoms with van der Waals surface area (Å²) in [7, 11) is 3.19. The third kappa shape index (κ3) is 2.45. The first-order valence-electron chi connectivity index (χ1n) is 2.02. The number of halogens is 3. The Bertz CT molecular complexity index is 85.1. The smallest absolute Gasteiger partial charge is 0.242 e. The van der Waals surface area contributed by atoms with Crippen LogP contribution in [-0.4, -0.2) is 24.4 Å². The number of hydrogen-bond acceptors (Lipinski definition) is 3. The van der Waals surface area contributed by atoms with Crippen LogP contribution >= 0.6 is 35.3 Å². The molecule has 0 saturated heterocycles. The third-order valence-corrected chi connectivity index (χ3v) is 1.79. The van der Waals surface area contributed by atoms with Crippen molar-refractivity contribution >= 4 is 35.3 Å². The van der Waals surface area contributed by atoms with Crippen LogP contribution in [-0.2, 0) is 8.58 Å². The van der Waals surface area contributed by atoms with E-state index < -0.39 is 5.37 Å². The van der Waals surface area contributed by atoms with Gasteiger partial charge in [-0.15, -0.1) is 0 Å². The van der Waals surface area contributed by atoms with Gasteiger partial charge in [-0.2, -0.15) is 0 Å². The van der Waals surface area contributed by atoms with Crippen molar-refractivity contribution in [2.45, 2.75) is 5.37 Å². The lowest BCUT2D eigenvalue weighted by Crippen LogP contribution is -2.39. The summed E-state index contributed by atoms with van der Waals surface area (Å²) in [6.45, 7) is 0. The van der Waals surface area contributed by atoms with Crippen molar-refractivity contribution < 1.29 is 8.58 Å². The summed E-state index contributed by atoms with van der Waals surface area (Å²) < 4.78 is 8.32. The fourth-order valence-electron chi connectivity index (χ4n) is 0.150. The molecule has 0 fully saturated rings. The van der Waals surface area contributed by atoms with E-state index in [1.54, 1.807) is 14.1 Å². The predicted octanol–water partition coefficient (Wildman–Crippen LogP) is 1.74. The molecule has 56 valence electrons. The van der Waals surface area contributed by atoms with Gasteiger partial charge in [0.1, 0.15) is 0 Å². The molecule has 0 aromatic carbocycles. The lowest BCUT2D eigenvalue weighted by molar-refractivity contribution is -0.128. The van der Waals surface area contributed by atoms with Crippen molar-refractivity contribution in [2.24, 2.45) is 0 Å². The molecule has 0 aromatic rings. The Morgan fingerprint density at radius 3 is 1.56 bits per heavy atom. The molecule has 6 heteroatoms. The zero-order valence-electron chi connectivity index (χ0n) is 4.90. The van der Waals surface area contributed by atoms with Crippen LogP contribution < -0.4 is 0 Å². The first-order chi connectivity index (χ1) is 4.06. The van der Waals surface area contributed by atoms with Crippen LogP contribution in [0.4, 0.5) is 0 Å². The van der Waals surface area contributed by atoms with Gasteiger partial charge in [0.05, 0.1) is 23.7 Å². The van der Waals surface area contributed by atoms with E-state index in [4.69, 9.17) is 35.3 Å². The average Bonchev–Trinajstić information content (AvgIpc) is 1.86. The maximum atomic E-state index is 5.46. The SMILES string of the molecule is CN(C)C(Cl)(OCl)OCl. The average molecular weight is 194 g/mol. The van der Waals surface area contributed by atoms with Gasteiger partial charge in [0.2, 0.25) is 0 Å². The highest BCUT2D eigenvalue weighted by molar-refractivity contribution is 6.25. The van der Waals surface area contributed by atoms with Gasteiger partial charge in [-0.05, 0) is 25.7 Å². The lowest BCUT2D eigenvalue weighted by atomic mass is 10.9. The van der Waals surface area contributed by atoms with Gasteiger partial charge in [0.25, 0.3) is 0 Å². The van der Waals surface area contributed by atoms with Crippen LogP contribution in [0.2, 0.25) is 0 Å². The molecule has 0 aliphatic rings. The Labute approximate surface area is 68.7 Å². The molecule has 0 aromatic heterocycles. The van der Waals surface area contributed by atoms with Crippen molar-refractivity contribution in [1.82, 2.24) is 4.90 Å². The fraction of sp³-hybridized carbons (Fsp3) is 1.00. The minimum absolute atomic E-state index is 1.36. The molecule has 0 heterocycles. The van der Waals surface area contributed by atoms with E-state index in [0.717, 1.165) is 0 Å². The van der Waals surface area contributed by atoms with Gasteiger partial charge in [-0.3, -0.25) is 0 Å². The Morgan fingerprint density at radius 1 is 1.22 bits per heavy atom. The second-order valence-electron chi connectivity index (χ2n) is 1.55. The molecule has 0 amide bonds. The minimum atomic E-state index is -1.58. The number of nitrogens with zero attached hydrogens (tertiary/aromatic N) is 1. The second kappa shape index (κ2) is 3.81. The Kier molecular flexibility index (Phi) is 4.12. The van der Waals surface area contributed by atoms with Crippen LogP contribution in [0.3, 0.4) is 0 Å². The molecule has 0 aliphatic heterocycles. The molecule has 0 N–H and O–H groups in total. The highest BCUT2D eigenvalue weighted by Crippen LogP contribution is 2.24. The summed E-state index contributed by atoms with van der Waals surface area (Å²) in [5.74, 6) is 0. The first-order valence-corrected chi connectivity index (χ1v) is 3.02. The highest BCUT2D eigenvalue weighted by atomic mass is 35.5. The summed E-state index contributed by atoms with van der Waals surface area (Å²) in [5.41, 5.74) is 0. The van der Waals surface area contributed by atoms with Crippen molar-refractivity contribution in [3.8, 4) is 0 Å². The molecular weight excluding hydrogens is 188 g/mol. The molecular formula is C3H6Cl3NO2.